The van der Waals surface area contributed by atoms with E-state index in [1.807, 2.05) is 4.90 Å². The molecule has 1 unspecified atom stereocenters. The number of primary sulfonamides is 1. The van der Waals surface area contributed by atoms with Crippen molar-refractivity contribution in [3.05, 3.63) is 0 Å². The molecule has 3 atom stereocenters. The van der Waals surface area contributed by atoms with Crippen molar-refractivity contribution in [2.75, 3.05) is 25.4 Å². The Balaban J connectivity index is 1.85. The zero-order valence-corrected chi connectivity index (χ0v) is 12.6. The first-order valence-corrected chi connectivity index (χ1v) is 9.07. The summed E-state index contributed by atoms with van der Waals surface area (Å²) < 4.78 is 22.2. The quantitative estimate of drug-likeness (QED) is 0.739. The first-order valence-electron chi connectivity index (χ1n) is 7.35. The van der Waals surface area contributed by atoms with Gasteiger partial charge in [-0.2, -0.15) is 0 Å². The fraction of sp³-hybridized carbons (Fsp3) is 0.923. The molecule has 4 N–H and O–H groups in total. The number of amides is 1. The van der Waals surface area contributed by atoms with Crippen LogP contribution in [0.2, 0.25) is 0 Å². The minimum atomic E-state index is -3.50. The molecule has 6 nitrogen and oxygen atoms in total. The molecule has 1 saturated carbocycles. The average Bonchev–Trinajstić information content (AvgIpc) is 2.67. The molecule has 20 heavy (non-hydrogen) atoms. The maximum Gasteiger partial charge on any atom is 0.222 e. The molecule has 1 amide bonds. The van der Waals surface area contributed by atoms with Crippen LogP contribution in [0.3, 0.4) is 0 Å². The number of carbonyl (C=O) groups is 1. The number of likely N-dealkylation sites (tertiary alicyclic amines) is 1. The van der Waals surface area contributed by atoms with Crippen molar-refractivity contribution in [3.63, 3.8) is 0 Å². The molecule has 116 valence electrons. The van der Waals surface area contributed by atoms with Crippen LogP contribution in [0.25, 0.3) is 0 Å². The molecule has 0 aromatic carbocycles. The molecule has 0 spiro atoms. The van der Waals surface area contributed by atoms with Gasteiger partial charge in [0.05, 0.1) is 5.75 Å². The molecule has 2 rings (SSSR count). The van der Waals surface area contributed by atoms with E-state index in [1.165, 1.54) is 12.8 Å². The number of carbonyl (C=O) groups excluding carboxylic acids is 1. The number of hydrogen-bond donors (Lipinski definition) is 2. The largest absolute Gasteiger partial charge is 0.342 e. The molecular weight excluding hydrogens is 278 g/mol. The molecule has 0 bridgehead atoms. The van der Waals surface area contributed by atoms with Crippen molar-refractivity contribution in [3.8, 4) is 0 Å². The minimum absolute atomic E-state index is 0.0634. The number of rotatable bonds is 5. The van der Waals surface area contributed by atoms with Gasteiger partial charge >= 0.3 is 0 Å². The van der Waals surface area contributed by atoms with Crippen molar-refractivity contribution in [1.29, 1.82) is 0 Å². The van der Waals surface area contributed by atoms with Crippen molar-refractivity contribution in [2.45, 2.75) is 32.1 Å². The summed E-state index contributed by atoms with van der Waals surface area (Å²) in [6.45, 7) is 1.99. The molecule has 0 aromatic heterocycles. The molecular formula is C13H25N3O3S. The predicted molar refractivity (Wildman–Crippen MR) is 77.2 cm³/mol. The van der Waals surface area contributed by atoms with E-state index >= 15 is 0 Å². The van der Waals surface area contributed by atoms with Gasteiger partial charge in [-0.1, -0.05) is 6.42 Å². The second-order valence-corrected chi connectivity index (χ2v) is 7.99. The van der Waals surface area contributed by atoms with Crippen LogP contribution in [0.15, 0.2) is 0 Å². The Hall–Kier alpha value is -0.660. The number of nitrogens with two attached hydrogens (primary N) is 2. The fourth-order valence-corrected chi connectivity index (χ4v) is 4.44. The highest BCUT2D eigenvalue weighted by Crippen LogP contribution is 2.30. The summed E-state index contributed by atoms with van der Waals surface area (Å²) in [6, 6.07) is 0. The second kappa shape index (κ2) is 6.41. The van der Waals surface area contributed by atoms with E-state index in [0.717, 1.165) is 25.9 Å². The van der Waals surface area contributed by atoms with Crippen LogP contribution in [0.4, 0.5) is 0 Å². The first kappa shape index (κ1) is 15.7. The summed E-state index contributed by atoms with van der Waals surface area (Å²) in [5.41, 5.74) is 5.73. The van der Waals surface area contributed by atoms with Crippen LogP contribution in [0, 0.1) is 17.8 Å². The lowest BCUT2D eigenvalue weighted by atomic mass is 9.81. The van der Waals surface area contributed by atoms with Gasteiger partial charge in [-0.3, -0.25) is 4.79 Å². The van der Waals surface area contributed by atoms with Gasteiger partial charge in [-0.15, -0.1) is 0 Å². The number of sulfonamides is 1. The number of hydrogen-bond acceptors (Lipinski definition) is 4. The third-order valence-corrected chi connectivity index (χ3v) is 5.40. The van der Waals surface area contributed by atoms with Crippen molar-refractivity contribution < 1.29 is 13.2 Å². The van der Waals surface area contributed by atoms with E-state index in [2.05, 4.69) is 0 Å². The highest BCUT2D eigenvalue weighted by atomic mass is 32.2. The Bertz CT molecular complexity index is 452. The van der Waals surface area contributed by atoms with Crippen LogP contribution in [-0.4, -0.2) is 44.6 Å². The Morgan fingerprint density at radius 1 is 1.20 bits per heavy atom. The van der Waals surface area contributed by atoms with Gasteiger partial charge < -0.3 is 10.6 Å². The summed E-state index contributed by atoms with van der Waals surface area (Å²) in [5.74, 6) is 0.909. The smallest absolute Gasteiger partial charge is 0.222 e. The van der Waals surface area contributed by atoms with Crippen molar-refractivity contribution in [1.82, 2.24) is 4.90 Å². The van der Waals surface area contributed by atoms with Crippen LogP contribution < -0.4 is 10.9 Å². The van der Waals surface area contributed by atoms with Gasteiger partial charge in [0.1, 0.15) is 0 Å². The van der Waals surface area contributed by atoms with Crippen LogP contribution in [-0.2, 0) is 14.8 Å². The second-order valence-electron chi connectivity index (χ2n) is 6.33. The van der Waals surface area contributed by atoms with Gasteiger partial charge in [0.15, 0.2) is 0 Å². The average molecular weight is 303 g/mol. The van der Waals surface area contributed by atoms with E-state index in [0.29, 0.717) is 24.8 Å². The highest BCUT2D eigenvalue weighted by molar-refractivity contribution is 7.89. The molecule has 0 aromatic rings. The van der Waals surface area contributed by atoms with E-state index in [1.54, 1.807) is 0 Å². The van der Waals surface area contributed by atoms with Crippen molar-refractivity contribution in [2.24, 2.45) is 28.6 Å². The van der Waals surface area contributed by atoms with Crippen LogP contribution in [0.5, 0.6) is 0 Å². The maximum atomic E-state index is 12.0. The third-order valence-electron chi connectivity index (χ3n) is 4.47. The zero-order valence-electron chi connectivity index (χ0n) is 11.8. The van der Waals surface area contributed by atoms with E-state index in [-0.39, 0.29) is 17.6 Å². The molecule has 2 aliphatic rings. The minimum Gasteiger partial charge on any atom is -0.342 e. The van der Waals surface area contributed by atoms with E-state index in [9.17, 15) is 13.2 Å². The Labute approximate surface area is 120 Å². The predicted octanol–water partition coefficient (Wildman–Crippen LogP) is -0.111. The monoisotopic (exact) mass is 303 g/mol. The molecule has 0 radical (unpaired) electrons. The van der Waals surface area contributed by atoms with Gasteiger partial charge in [0.2, 0.25) is 15.9 Å². The molecule has 7 heteroatoms. The SMILES string of the molecule is NC[C@@H]1CCC[C@H](CN2CC(CS(N)(=O)=O)CC2=O)C1. The normalized spacial score (nSPS) is 31.8. The lowest BCUT2D eigenvalue weighted by Gasteiger charge is -2.31. The summed E-state index contributed by atoms with van der Waals surface area (Å²) in [6.07, 6.45) is 4.90. The van der Waals surface area contributed by atoms with E-state index < -0.39 is 10.0 Å². The maximum absolute atomic E-state index is 12.0. The topological polar surface area (TPSA) is 106 Å². The molecule has 1 saturated heterocycles. The Morgan fingerprint density at radius 3 is 2.55 bits per heavy atom. The summed E-state index contributed by atoms with van der Waals surface area (Å²) in [7, 11) is -3.50. The Kier molecular flexibility index (Phi) is 5.04. The molecule has 1 aliphatic heterocycles. The summed E-state index contributed by atoms with van der Waals surface area (Å²) >= 11 is 0. The van der Waals surface area contributed by atoms with Gasteiger partial charge in [-0.05, 0) is 37.6 Å². The first-order chi connectivity index (χ1) is 9.37. The lowest BCUT2D eigenvalue weighted by Crippen LogP contribution is -2.35. The van der Waals surface area contributed by atoms with Crippen LogP contribution in [0.1, 0.15) is 32.1 Å². The standard InChI is InChI=1S/C13H25N3O3S/c14-6-10-2-1-3-11(4-10)7-16-8-12(5-13(16)17)9-20(15,18)19/h10-12H,1-9,14H2,(H2,15,18,19)/t10-,11+,12?/m1/s1. The van der Waals surface area contributed by atoms with Gasteiger partial charge in [-0.25, -0.2) is 13.6 Å². The van der Waals surface area contributed by atoms with Gasteiger partial charge in [0, 0.05) is 25.4 Å². The molecule has 1 aliphatic carbocycles. The lowest BCUT2D eigenvalue weighted by molar-refractivity contribution is -0.128. The molecule has 2 fully saturated rings. The fourth-order valence-electron chi connectivity index (χ4n) is 3.56. The molecule has 1 heterocycles. The highest BCUT2D eigenvalue weighted by Gasteiger charge is 2.34. The Morgan fingerprint density at radius 2 is 1.90 bits per heavy atom. The van der Waals surface area contributed by atoms with E-state index in [4.69, 9.17) is 10.9 Å². The summed E-state index contributed by atoms with van der Waals surface area (Å²) in [5, 5.41) is 5.06. The van der Waals surface area contributed by atoms with Crippen LogP contribution >= 0.6 is 0 Å². The van der Waals surface area contributed by atoms with Gasteiger partial charge in [0.25, 0.3) is 0 Å². The number of nitrogens with zero attached hydrogens (tertiary/aromatic N) is 1. The third kappa shape index (κ3) is 4.43. The summed E-state index contributed by atoms with van der Waals surface area (Å²) in [4.78, 5) is 13.8. The zero-order chi connectivity index (χ0) is 14.8. The van der Waals surface area contributed by atoms with Crippen molar-refractivity contribution >= 4 is 15.9 Å².